The molecule has 43 heavy (non-hydrogen) atoms. The maximum atomic E-state index is 14.3. The predicted molar refractivity (Wildman–Crippen MR) is 175 cm³/mol. The average Bonchev–Trinajstić information content (AvgIpc) is 2.99. The summed E-state index contributed by atoms with van der Waals surface area (Å²) in [6.45, 7) is 1.26. The number of anilines is 1. The van der Waals surface area contributed by atoms with Crippen molar-refractivity contribution in [3.63, 3.8) is 0 Å². The molecule has 4 rings (SSSR count). The molecular weight excluding hydrogens is 673 g/mol. The van der Waals surface area contributed by atoms with E-state index in [2.05, 4.69) is 21.2 Å². The molecule has 1 atom stereocenters. The fraction of sp³-hybridized carbons (Fsp3) is 0.188. The van der Waals surface area contributed by atoms with E-state index in [0.29, 0.717) is 0 Å². The molecule has 0 fully saturated rings. The van der Waals surface area contributed by atoms with E-state index in [1.54, 1.807) is 18.2 Å². The van der Waals surface area contributed by atoms with Crippen molar-refractivity contribution in [2.45, 2.75) is 30.8 Å². The molecule has 0 unspecified atom stereocenters. The highest BCUT2D eigenvalue weighted by Gasteiger charge is 2.35. The van der Waals surface area contributed by atoms with Gasteiger partial charge in [0.1, 0.15) is 12.6 Å². The lowest BCUT2D eigenvalue weighted by molar-refractivity contribution is -0.139. The van der Waals surface area contributed by atoms with Gasteiger partial charge < -0.3 is 10.2 Å². The normalized spacial score (nSPS) is 11.9. The van der Waals surface area contributed by atoms with Crippen molar-refractivity contribution >= 4 is 66.7 Å². The molecule has 0 radical (unpaired) electrons. The van der Waals surface area contributed by atoms with Crippen LogP contribution in [0.3, 0.4) is 0 Å². The van der Waals surface area contributed by atoms with Gasteiger partial charge >= 0.3 is 0 Å². The number of benzene rings is 4. The third kappa shape index (κ3) is 7.97. The van der Waals surface area contributed by atoms with Crippen molar-refractivity contribution in [3.05, 3.63) is 128 Å². The van der Waals surface area contributed by atoms with E-state index < -0.39 is 28.5 Å². The van der Waals surface area contributed by atoms with Crippen LogP contribution in [0, 0.1) is 6.92 Å². The Labute approximate surface area is 270 Å². The first-order chi connectivity index (χ1) is 20.5. The van der Waals surface area contributed by atoms with Crippen molar-refractivity contribution in [1.29, 1.82) is 0 Å². The van der Waals surface area contributed by atoms with E-state index >= 15 is 0 Å². The Bertz CT molecular complexity index is 1700. The summed E-state index contributed by atoms with van der Waals surface area (Å²) in [5.41, 5.74) is 2.51. The average molecular weight is 703 g/mol. The highest BCUT2D eigenvalue weighted by molar-refractivity contribution is 9.10. The van der Waals surface area contributed by atoms with Crippen molar-refractivity contribution in [2.75, 3.05) is 17.9 Å². The Morgan fingerprint density at radius 2 is 1.53 bits per heavy atom. The van der Waals surface area contributed by atoms with Gasteiger partial charge in [0, 0.05) is 24.5 Å². The van der Waals surface area contributed by atoms with Gasteiger partial charge in [-0.1, -0.05) is 105 Å². The van der Waals surface area contributed by atoms with E-state index in [1.165, 1.54) is 36.2 Å². The van der Waals surface area contributed by atoms with Crippen LogP contribution >= 0.6 is 39.1 Å². The summed E-state index contributed by atoms with van der Waals surface area (Å²) >= 11 is 16.3. The standard InChI is InChI=1S/C32H30BrCl2N3O4S/c1-22-14-16-26(17-15-22)43(41,42)38(28-13-7-12-27(34)31(28)35)21-30(39)37(20-24-10-6-11-25(33)18-24)29(32(40)36-2)19-23-8-4-3-5-9-23/h3-18,29H,19-21H2,1-2H3,(H,36,40)/t29-/m1/s1. The summed E-state index contributed by atoms with van der Waals surface area (Å²) in [6.07, 6.45) is 0.211. The lowest BCUT2D eigenvalue weighted by Gasteiger charge is -2.34. The molecule has 11 heteroatoms. The number of sulfonamides is 1. The maximum absolute atomic E-state index is 14.3. The molecule has 224 valence electrons. The lowest BCUT2D eigenvalue weighted by Crippen LogP contribution is -2.53. The third-order valence-corrected chi connectivity index (χ3v) is 9.92. The number of amides is 2. The second-order valence-corrected chi connectivity index (χ2v) is 13.4. The molecule has 0 bridgehead atoms. The number of hydrogen-bond acceptors (Lipinski definition) is 4. The zero-order chi connectivity index (χ0) is 31.1. The van der Waals surface area contributed by atoms with Crippen LogP contribution in [0.5, 0.6) is 0 Å². The molecule has 0 aliphatic carbocycles. The van der Waals surface area contributed by atoms with Gasteiger partial charge in [0.25, 0.3) is 10.0 Å². The SMILES string of the molecule is CNC(=O)[C@@H](Cc1ccccc1)N(Cc1cccc(Br)c1)C(=O)CN(c1cccc(Cl)c1Cl)S(=O)(=O)c1ccc(C)cc1. The summed E-state index contributed by atoms with van der Waals surface area (Å²) < 4.78 is 29.9. The van der Waals surface area contributed by atoms with Gasteiger partial charge in [0.15, 0.2) is 0 Å². The van der Waals surface area contributed by atoms with E-state index in [4.69, 9.17) is 23.2 Å². The number of carbonyl (C=O) groups is 2. The Morgan fingerprint density at radius 1 is 0.884 bits per heavy atom. The van der Waals surface area contributed by atoms with Gasteiger partial charge in [-0.25, -0.2) is 8.42 Å². The lowest BCUT2D eigenvalue weighted by atomic mass is 10.0. The quantitative estimate of drug-likeness (QED) is 0.190. The van der Waals surface area contributed by atoms with Crippen LogP contribution < -0.4 is 9.62 Å². The van der Waals surface area contributed by atoms with Gasteiger partial charge in [-0.05, 0) is 54.4 Å². The van der Waals surface area contributed by atoms with Crippen molar-refractivity contribution < 1.29 is 18.0 Å². The zero-order valence-electron chi connectivity index (χ0n) is 23.5. The summed E-state index contributed by atoms with van der Waals surface area (Å²) in [5, 5.41) is 2.79. The molecule has 7 nitrogen and oxygen atoms in total. The first-order valence-electron chi connectivity index (χ1n) is 13.3. The molecule has 2 amide bonds. The molecule has 0 aromatic heterocycles. The van der Waals surface area contributed by atoms with Crippen LogP contribution in [0.2, 0.25) is 10.0 Å². The van der Waals surface area contributed by atoms with Crippen LogP contribution in [0.15, 0.2) is 106 Å². The molecule has 1 N–H and O–H groups in total. The van der Waals surface area contributed by atoms with Crippen molar-refractivity contribution in [2.24, 2.45) is 0 Å². The summed E-state index contributed by atoms with van der Waals surface area (Å²) in [5.74, 6) is -0.989. The van der Waals surface area contributed by atoms with Crippen LogP contribution in [-0.2, 0) is 32.6 Å². The minimum absolute atomic E-state index is 0.0154. The molecule has 0 aliphatic heterocycles. The number of halogens is 3. The minimum atomic E-state index is -4.29. The highest BCUT2D eigenvalue weighted by Crippen LogP contribution is 2.35. The van der Waals surface area contributed by atoms with Crippen molar-refractivity contribution in [1.82, 2.24) is 10.2 Å². The summed E-state index contributed by atoms with van der Waals surface area (Å²) in [7, 11) is -2.79. The molecular formula is C32H30BrCl2N3O4S. The Morgan fingerprint density at radius 3 is 2.19 bits per heavy atom. The second kappa shape index (κ2) is 14.4. The molecule has 0 saturated heterocycles. The maximum Gasteiger partial charge on any atom is 0.264 e. The van der Waals surface area contributed by atoms with E-state index in [9.17, 15) is 18.0 Å². The Balaban J connectivity index is 1.82. The predicted octanol–water partition coefficient (Wildman–Crippen LogP) is 6.65. The van der Waals surface area contributed by atoms with Gasteiger partial charge in [0.05, 0.1) is 20.6 Å². The number of aryl methyl sites for hydroxylation is 1. The number of nitrogens with zero attached hydrogens (tertiary/aromatic N) is 2. The molecule has 0 saturated carbocycles. The zero-order valence-corrected chi connectivity index (χ0v) is 27.4. The largest absolute Gasteiger partial charge is 0.357 e. The fourth-order valence-electron chi connectivity index (χ4n) is 4.59. The highest BCUT2D eigenvalue weighted by atomic mass is 79.9. The Hall–Kier alpha value is -3.37. The molecule has 4 aromatic carbocycles. The topological polar surface area (TPSA) is 86.8 Å². The van der Waals surface area contributed by atoms with E-state index in [0.717, 1.165) is 25.5 Å². The van der Waals surface area contributed by atoms with Crippen LogP contribution in [0.1, 0.15) is 16.7 Å². The third-order valence-electron chi connectivity index (χ3n) is 6.85. The molecule has 0 heterocycles. The fourth-order valence-corrected chi connectivity index (χ4v) is 6.91. The minimum Gasteiger partial charge on any atom is -0.357 e. The number of hydrogen-bond donors (Lipinski definition) is 1. The first-order valence-corrected chi connectivity index (χ1v) is 16.3. The van der Waals surface area contributed by atoms with Crippen LogP contribution in [0.25, 0.3) is 0 Å². The van der Waals surface area contributed by atoms with Gasteiger partial charge in [0.2, 0.25) is 11.8 Å². The second-order valence-electron chi connectivity index (χ2n) is 9.87. The van der Waals surface area contributed by atoms with Gasteiger partial charge in [-0.2, -0.15) is 0 Å². The van der Waals surface area contributed by atoms with E-state index in [1.807, 2.05) is 61.5 Å². The van der Waals surface area contributed by atoms with Crippen LogP contribution in [-0.4, -0.2) is 44.8 Å². The smallest absolute Gasteiger partial charge is 0.264 e. The monoisotopic (exact) mass is 701 g/mol. The van der Waals surface area contributed by atoms with Gasteiger partial charge in [-0.15, -0.1) is 0 Å². The number of rotatable bonds is 11. The molecule has 4 aromatic rings. The summed E-state index contributed by atoms with van der Waals surface area (Å²) in [6, 6.07) is 26.6. The van der Waals surface area contributed by atoms with E-state index in [-0.39, 0.29) is 39.5 Å². The molecule has 0 aliphatic rings. The van der Waals surface area contributed by atoms with Crippen molar-refractivity contribution in [3.8, 4) is 0 Å². The number of nitrogens with one attached hydrogen (secondary N) is 1. The Kier molecular flexibility index (Phi) is 10.9. The van der Waals surface area contributed by atoms with Crippen LogP contribution in [0.4, 0.5) is 5.69 Å². The number of carbonyl (C=O) groups excluding carboxylic acids is 2. The summed E-state index contributed by atoms with van der Waals surface area (Å²) in [4.78, 5) is 29.1. The molecule has 0 spiro atoms. The van der Waals surface area contributed by atoms with Gasteiger partial charge in [-0.3, -0.25) is 13.9 Å². The first kappa shape index (κ1) is 32.5. The number of likely N-dealkylation sites (N-methyl/N-ethyl adjacent to an activating group) is 1.